The zero-order valence-corrected chi connectivity index (χ0v) is 11.4. The van der Waals surface area contributed by atoms with Gasteiger partial charge in [0.15, 0.2) is 0 Å². The largest absolute Gasteiger partial charge is 0.481 e. The van der Waals surface area contributed by atoms with Crippen molar-refractivity contribution in [3.8, 4) is 11.3 Å². The summed E-state index contributed by atoms with van der Waals surface area (Å²) in [7, 11) is 0. The van der Waals surface area contributed by atoms with Crippen LogP contribution in [0.2, 0.25) is 0 Å². The van der Waals surface area contributed by atoms with Crippen LogP contribution in [0.3, 0.4) is 0 Å². The number of imidazole rings is 1. The van der Waals surface area contributed by atoms with Crippen LogP contribution in [0, 0.1) is 0 Å². The van der Waals surface area contributed by atoms with Crippen molar-refractivity contribution in [1.82, 2.24) is 9.97 Å². The van der Waals surface area contributed by atoms with E-state index < -0.39 is 5.97 Å². The predicted octanol–water partition coefficient (Wildman–Crippen LogP) is 3.42. The maximum Gasteiger partial charge on any atom is 0.304 e. The second kappa shape index (κ2) is 5.35. The molecular formula is C13H13BrN2O2. The van der Waals surface area contributed by atoms with Gasteiger partial charge in [0.2, 0.25) is 0 Å². The Labute approximate surface area is 113 Å². The van der Waals surface area contributed by atoms with Gasteiger partial charge < -0.3 is 10.1 Å². The maximum atomic E-state index is 10.7. The summed E-state index contributed by atoms with van der Waals surface area (Å²) in [5.41, 5.74) is 1.91. The molecule has 0 aliphatic heterocycles. The van der Waals surface area contributed by atoms with Gasteiger partial charge in [-0.05, 0) is 12.1 Å². The lowest BCUT2D eigenvalue weighted by atomic mass is 10.1. The van der Waals surface area contributed by atoms with Gasteiger partial charge in [-0.3, -0.25) is 4.79 Å². The van der Waals surface area contributed by atoms with Crippen molar-refractivity contribution in [3.63, 3.8) is 0 Å². The molecule has 4 nitrogen and oxygen atoms in total. The molecule has 1 aromatic carbocycles. The van der Waals surface area contributed by atoms with E-state index in [1.54, 1.807) is 6.20 Å². The van der Waals surface area contributed by atoms with Crippen molar-refractivity contribution >= 4 is 21.9 Å². The summed E-state index contributed by atoms with van der Waals surface area (Å²) in [6, 6.07) is 7.86. The molecule has 2 rings (SSSR count). The molecule has 0 fully saturated rings. The van der Waals surface area contributed by atoms with Crippen LogP contribution in [-0.2, 0) is 4.79 Å². The smallest absolute Gasteiger partial charge is 0.304 e. The number of hydrogen-bond donors (Lipinski definition) is 2. The van der Waals surface area contributed by atoms with Crippen LogP contribution in [0.4, 0.5) is 0 Å². The zero-order valence-electron chi connectivity index (χ0n) is 9.85. The Morgan fingerprint density at radius 2 is 2.33 bits per heavy atom. The lowest BCUT2D eigenvalue weighted by Gasteiger charge is -2.04. The molecule has 94 valence electrons. The van der Waals surface area contributed by atoms with E-state index in [0.29, 0.717) is 5.82 Å². The summed E-state index contributed by atoms with van der Waals surface area (Å²) >= 11 is 3.42. The molecule has 0 radical (unpaired) electrons. The van der Waals surface area contributed by atoms with E-state index in [-0.39, 0.29) is 12.3 Å². The first-order valence-electron chi connectivity index (χ1n) is 5.59. The summed E-state index contributed by atoms with van der Waals surface area (Å²) < 4.78 is 0.995. The topological polar surface area (TPSA) is 66.0 Å². The molecule has 0 spiro atoms. The lowest BCUT2D eigenvalue weighted by molar-refractivity contribution is -0.137. The van der Waals surface area contributed by atoms with Gasteiger partial charge >= 0.3 is 5.97 Å². The van der Waals surface area contributed by atoms with Crippen molar-refractivity contribution in [2.24, 2.45) is 0 Å². The van der Waals surface area contributed by atoms with E-state index in [2.05, 4.69) is 25.9 Å². The number of halogens is 1. The van der Waals surface area contributed by atoms with Crippen molar-refractivity contribution in [2.45, 2.75) is 19.3 Å². The Bertz CT molecular complexity index is 566. The molecule has 0 amide bonds. The van der Waals surface area contributed by atoms with Gasteiger partial charge in [0.05, 0.1) is 18.3 Å². The number of aromatic nitrogens is 2. The average Bonchev–Trinajstić information content (AvgIpc) is 2.77. The van der Waals surface area contributed by atoms with Gasteiger partial charge in [-0.2, -0.15) is 0 Å². The van der Waals surface area contributed by atoms with Gasteiger partial charge in [-0.15, -0.1) is 0 Å². The zero-order chi connectivity index (χ0) is 13.1. The predicted molar refractivity (Wildman–Crippen MR) is 72.4 cm³/mol. The van der Waals surface area contributed by atoms with Crippen LogP contribution in [0.1, 0.15) is 25.1 Å². The number of rotatable bonds is 4. The third kappa shape index (κ3) is 2.98. The normalized spacial score (nSPS) is 12.3. The van der Waals surface area contributed by atoms with Crippen LogP contribution in [0.5, 0.6) is 0 Å². The molecule has 0 saturated heterocycles. The molecule has 2 aromatic rings. The Kier molecular flexibility index (Phi) is 3.81. The van der Waals surface area contributed by atoms with E-state index in [9.17, 15) is 4.79 Å². The molecule has 5 heteroatoms. The van der Waals surface area contributed by atoms with Crippen LogP contribution in [0.25, 0.3) is 11.3 Å². The number of carbonyl (C=O) groups is 1. The number of nitrogens with zero attached hydrogens (tertiary/aromatic N) is 1. The molecule has 18 heavy (non-hydrogen) atoms. The number of aromatic amines is 1. The highest BCUT2D eigenvalue weighted by molar-refractivity contribution is 9.10. The fourth-order valence-electron chi connectivity index (χ4n) is 1.75. The molecule has 0 bridgehead atoms. The molecule has 1 heterocycles. The van der Waals surface area contributed by atoms with E-state index in [4.69, 9.17) is 5.11 Å². The minimum atomic E-state index is -0.817. The number of nitrogens with one attached hydrogen (secondary N) is 1. The molecule has 0 aliphatic carbocycles. The molecule has 0 saturated carbocycles. The van der Waals surface area contributed by atoms with Crippen LogP contribution < -0.4 is 0 Å². The highest BCUT2D eigenvalue weighted by Crippen LogP contribution is 2.24. The first-order chi connectivity index (χ1) is 8.56. The number of carboxylic acids is 1. The van der Waals surface area contributed by atoms with Gasteiger partial charge in [0.25, 0.3) is 0 Å². The lowest BCUT2D eigenvalue weighted by Crippen LogP contribution is -2.04. The van der Waals surface area contributed by atoms with Crippen molar-refractivity contribution in [3.05, 3.63) is 40.8 Å². The summed E-state index contributed by atoms with van der Waals surface area (Å²) in [5.74, 6) is -0.237. The van der Waals surface area contributed by atoms with Crippen molar-refractivity contribution in [2.75, 3.05) is 0 Å². The standard InChI is InChI=1S/C13H13BrN2O2/c1-8(5-12(17)18)13-15-7-11(16-13)9-3-2-4-10(14)6-9/h2-4,6-8H,5H2,1H3,(H,15,16)(H,17,18). The van der Waals surface area contributed by atoms with Gasteiger partial charge in [0.1, 0.15) is 5.82 Å². The van der Waals surface area contributed by atoms with E-state index >= 15 is 0 Å². The van der Waals surface area contributed by atoms with Crippen LogP contribution >= 0.6 is 15.9 Å². The highest BCUT2D eigenvalue weighted by atomic mass is 79.9. The summed E-state index contributed by atoms with van der Waals surface area (Å²) in [6.45, 7) is 1.84. The maximum absolute atomic E-state index is 10.7. The Morgan fingerprint density at radius 1 is 1.56 bits per heavy atom. The van der Waals surface area contributed by atoms with Crippen LogP contribution in [0.15, 0.2) is 34.9 Å². The summed E-state index contributed by atoms with van der Waals surface area (Å²) in [6.07, 6.45) is 1.81. The van der Waals surface area contributed by atoms with E-state index in [1.807, 2.05) is 31.2 Å². The second-order valence-corrected chi connectivity index (χ2v) is 5.11. The Hall–Kier alpha value is -1.62. The van der Waals surface area contributed by atoms with E-state index in [0.717, 1.165) is 15.7 Å². The van der Waals surface area contributed by atoms with Crippen molar-refractivity contribution in [1.29, 1.82) is 0 Å². The monoisotopic (exact) mass is 308 g/mol. The molecule has 1 aromatic heterocycles. The van der Waals surface area contributed by atoms with Gasteiger partial charge in [-0.25, -0.2) is 4.98 Å². The number of hydrogen-bond acceptors (Lipinski definition) is 2. The van der Waals surface area contributed by atoms with Gasteiger partial charge in [-0.1, -0.05) is 35.0 Å². The fourth-order valence-corrected chi connectivity index (χ4v) is 2.15. The molecule has 1 unspecified atom stereocenters. The third-order valence-electron chi connectivity index (χ3n) is 2.68. The first-order valence-corrected chi connectivity index (χ1v) is 6.38. The minimum Gasteiger partial charge on any atom is -0.481 e. The number of aliphatic carboxylic acids is 1. The van der Waals surface area contributed by atoms with Gasteiger partial charge in [0, 0.05) is 16.0 Å². The number of carboxylic acid groups (broad SMARTS) is 1. The Balaban J connectivity index is 2.22. The average molecular weight is 309 g/mol. The van der Waals surface area contributed by atoms with Crippen molar-refractivity contribution < 1.29 is 9.90 Å². The SMILES string of the molecule is CC(CC(=O)O)c1ncc(-c2cccc(Br)c2)[nH]1. The number of H-pyrrole nitrogens is 1. The quantitative estimate of drug-likeness (QED) is 0.909. The molecule has 1 atom stereocenters. The van der Waals surface area contributed by atoms with E-state index in [1.165, 1.54) is 0 Å². The summed E-state index contributed by atoms with van der Waals surface area (Å²) in [5, 5.41) is 8.76. The highest BCUT2D eigenvalue weighted by Gasteiger charge is 2.14. The Morgan fingerprint density at radius 3 is 3.00 bits per heavy atom. The molecular weight excluding hydrogens is 296 g/mol. The molecule has 0 aliphatic rings. The summed E-state index contributed by atoms with van der Waals surface area (Å²) in [4.78, 5) is 18.1. The minimum absolute atomic E-state index is 0.0748. The van der Waals surface area contributed by atoms with Crippen LogP contribution in [-0.4, -0.2) is 21.0 Å². The first kappa shape index (κ1) is 12.8. The molecule has 2 N–H and O–H groups in total. The number of benzene rings is 1. The second-order valence-electron chi connectivity index (χ2n) is 4.19. The third-order valence-corrected chi connectivity index (χ3v) is 3.17. The fraction of sp³-hybridized carbons (Fsp3) is 0.231.